The molecule has 0 atom stereocenters. The number of carbonyl (C=O) groups excluding carboxylic acids is 2. The van der Waals surface area contributed by atoms with Gasteiger partial charge in [0.1, 0.15) is 0 Å². The van der Waals surface area contributed by atoms with Crippen LogP contribution in [0.1, 0.15) is 13.8 Å². The lowest BCUT2D eigenvalue weighted by molar-refractivity contribution is -0.119. The largest absolute Gasteiger partial charge is 0.396 e. The van der Waals surface area contributed by atoms with Crippen LogP contribution in [0.5, 0.6) is 0 Å². The number of aliphatic hydroxyl groups is 1. The van der Waals surface area contributed by atoms with Crippen LogP contribution in [0, 0.1) is 5.92 Å². The van der Waals surface area contributed by atoms with Gasteiger partial charge in [-0.05, 0) is 0 Å². The topological polar surface area (TPSA) is 78.4 Å². The van der Waals surface area contributed by atoms with Gasteiger partial charge in [0.15, 0.2) is 0 Å². The maximum Gasteiger partial charge on any atom is 0.217 e. The van der Waals surface area contributed by atoms with E-state index in [2.05, 4.69) is 10.6 Å². The highest BCUT2D eigenvalue weighted by Gasteiger charge is 2.07. The Hall–Kier alpha value is -0.400. The van der Waals surface area contributed by atoms with E-state index in [1.165, 1.54) is 13.8 Å². The van der Waals surface area contributed by atoms with Crippen molar-refractivity contribution in [1.82, 2.24) is 10.6 Å². The van der Waals surface area contributed by atoms with Gasteiger partial charge in [-0.3, -0.25) is 9.59 Å². The number of amides is 2. The number of carbonyl (C=O) groups is 2. The van der Waals surface area contributed by atoms with Crippen LogP contribution in [0.25, 0.3) is 0 Å². The summed E-state index contributed by atoms with van der Waals surface area (Å²) in [5.41, 5.74) is 0. The molecule has 0 aromatic heterocycles. The Bertz CT molecular complexity index is 218. The standard InChI is InChI=1S/C10H20N2O3S2/c1-8(14)11-6-16-4-10(3-13)5-17-7-12-9(2)15/h10,13H,3-7H2,1-2H3,(H,11,14)(H,12,15). The number of rotatable bonds is 9. The lowest BCUT2D eigenvalue weighted by Crippen LogP contribution is -2.22. The molecule has 0 spiro atoms. The molecule has 17 heavy (non-hydrogen) atoms. The number of hydrogen-bond acceptors (Lipinski definition) is 5. The first-order chi connectivity index (χ1) is 8.06. The summed E-state index contributed by atoms with van der Waals surface area (Å²) in [5, 5.41) is 14.5. The second kappa shape index (κ2) is 10.7. The zero-order valence-electron chi connectivity index (χ0n) is 10.2. The molecule has 0 unspecified atom stereocenters. The van der Waals surface area contributed by atoms with E-state index in [1.54, 1.807) is 23.5 Å². The van der Waals surface area contributed by atoms with Crippen LogP contribution in [0.2, 0.25) is 0 Å². The van der Waals surface area contributed by atoms with Crippen molar-refractivity contribution >= 4 is 35.3 Å². The summed E-state index contributed by atoms with van der Waals surface area (Å²) >= 11 is 3.17. The molecule has 0 aliphatic carbocycles. The molecule has 0 saturated heterocycles. The molecule has 5 nitrogen and oxygen atoms in total. The molecule has 0 aromatic carbocycles. The van der Waals surface area contributed by atoms with Gasteiger partial charge in [-0.25, -0.2) is 0 Å². The summed E-state index contributed by atoms with van der Waals surface area (Å²) in [4.78, 5) is 21.2. The average molecular weight is 280 g/mol. The minimum absolute atomic E-state index is 0.0434. The van der Waals surface area contributed by atoms with E-state index in [1.807, 2.05) is 0 Å². The van der Waals surface area contributed by atoms with Crippen LogP contribution >= 0.6 is 23.5 Å². The third-order valence-electron chi connectivity index (χ3n) is 1.81. The summed E-state index contributed by atoms with van der Waals surface area (Å²) in [6.45, 7) is 3.08. The Morgan fingerprint density at radius 3 is 1.76 bits per heavy atom. The minimum Gasteiger partial charge on any atom is -0.396 e. The fraction of sp³-hybridized carbons (Fsp3) is 0.800. The third-order valence-corrected chi connectivity index (χ3v) is 3.92. The lowest BCUT2D eigenvalue weighted by Gasteiger charge is -2.13. The van der Waals surface area contributed by atoms with Crippen LogP contribution in [-0.4, -0.2) is 46.8 Å². The minimum atomic E-state index is -0.0434. The van der Waals surface area contributed by atoms with E-state index >= 15 is 0 Å². The molecule has 3 N–H and O–H groups in total. The summed E-state index contributed by atoms with van der Waals surface area (Å²) in [6.07, 6.45) is 0. The number of aliphatic hydroxyl groups excluding tert-OH is 1. The zero-order chi connectivity index (χ0) is 13.1. The van der Waals surface area contributed by atoms with E-state index in [4.69, 9.17) is 5.11 Å². The Kier molecular flexibility index (Phi) is 10.5. The van der Waals surface area contributed by atoms with Crippen molar-refractivity contribution in [2.24, 2.45) is 5.92 Å². The highest BCUT2D eigenvalue weighted by atomic mass is 32.2. The molecule has 0 saturated carbocycles. The van der Waals surface area contributed by atoms with Crippen molar-refractivity contribution in [2.45, 2.75) is 13.8 Å². The first kappa shape index (κ1) is 16.6. The van der Waals surface area contributed by atoms with Crippen molar-refractivity contribution in [3.8, 4) is 0 Å². The van der Waals surface area contributed by atoms with E-state index in [0.717, 1.165) is 11.5 Å². The van der Waals surface area contributed by atoms with Crippen LogP contribution < -0.4 is 10.6 Å². The van der Waals surface area contributed by atoms with Crippen molar-refractivity contribution in [3.05, 3.63) is 0 Å². The van der Waals surface area contributed by atoms with E-state index < -0.39 is 0 Å². The highest BCUT2D eigenvalue weighted by Crippen LogP contribution is 2.13. The number of hydrogen-bond donors (Lipinski definition) is 3. The van der Waals surface area contributed by atoms with Crippen LogP contribution in [0.3, 0.4) is 0 Å². The van der Waals surface area contributed by atoms with E-state index in [0.29, 0.717) is 11.8 Å². The molecule has 7 heteroatoms. The van der Waals surface area contributed by atoms with Crippen molar-refractivity contribution < 1.29 is 14.7 Å². The Morgan fingerprint density at radius 1 is 1.06 bits per heavy atom. The number of thioether (sulfide) groups is 2. The molecule has 0 bridgehead atoms. The van der Waals surface area contributed by atoms with E-state index in [-0.39, 0.29) is 24.3 Å². The van der Waals surface area contributed by atoms with Crippen LogP contribution in [0.4, 0.5) is 0 Å². The van der Waals surface area contributed by atoms with Gasteiger partial charge in [-0.15, -0.1) is 23.5 Å². The lowest BCUT2D eigenvalue weighted by atomic mass is 10.2. The second-order valence-electron chi connectivity index (χ2n) is 3.54. The van der Waals surface area contributed by atoms with Crippen molar-refractivity contribution in [2.75, 3.05) is 29.9 Å². The molecule has 2 amide bonds. The molecular weight excluding hydrogens is 260 g/mol. The molecule has 0 fully saturated rings. The van der Waals surface area contributed by atoms with Gasteiger partial charge in [0.05, 0.1) is 11.8 Å². The molecule has 0 aromatic rings. The molecular formula is C10H20N2O3S2. The fourth-order valence-electron chi connectivity index (χ4n) is 0.910. The first-order valence-corrected chi connectivity index (χ1v) is 7.62. The fourth-order valence-corrected chi connectivity index (χ4v) is 3.02. The van der Waals surface area contributed by atoms with Crippen molar-refractivity contribution in [1.29, 1.82) is 0 Å². The van der Waals surface area contributed by atoms with Gasteiger partial charge in [0.25, 0.3) is 0 Å². The monoisotopic (exact) mass is 280 g/mol. The first-order valence-electron chi connectivity index (χ1n) is 5.31. The summed E-state index contributed by atoms with van der Waals surface area (Å²) in [5.74, 6) is 2.83. The van der Waals surface area contributed by atoms with E-state index in [9.17, 15) is 9.59 Å². The Labute approximate surface area is 110 Å². The molecule has 0 radical (unpaired) electrons. The number of nitrogens with one attached hydrogen (secondary N) is 2. The van der Waals surface area contributed by atoms with Gasteiger partial charge in [-0.2, -0.15) is 0 Å². The van der Waals surface area contributed by atoms with Gasteiger partial charge < -0.3 is 15.7 Å². The molecule has 100 valence electrons. The Balaban J connectivity index is 3.48. The maximum atomic E-state index is 10.6. The average Bonchev–Trinajstić information content (AvgIpc) is 2.26. The predicted octanol–water partition coefficient (Wildman–Crippen LogP) is 0.248. The third kappa shape index (κ3) is 11.9. The quantitative estimate of drug-likeness (QED) is 0.417. The SMILES string of the molecule is CC(=O)NCSCC(CO)CSCNC(C)=O. The normalized spacial score (nSPS) is 10.4. The molecule has 0 heterocycles. The summed E-state index contributed by atoms with van der Waals surface area (Å²) in [6, 6.07) is 0. The van der Waals surface area contributed by atoms with Crippen LogP contribution in [-0.2, 0) is 9.59 Å². The van der Waals surface area contributed by atoms with Gasteiger partial charge in [0, 0.05) is 37.9 Å². The van der Waals surface area contributed by atoms with Gasteiger partial charge in [0.2, 0.25) is 11.8 Å². The summed E-state index contributed by atoms with van der Waals surface area (Å²) < 4.78 is 0. The predicted molar refractivity (Wildman–Crippen MR) is 72.9 cm³/mol. The maximum absolute atomic E-state index is 10.6. The van der Waals surface area contributed by atoms with Crippen molar-refractivity contribution in [3.63, 3.8) is 0 Å². The molecule has 0 aliphatic heterocycles. The van der Waals surface area contributed by atoms with Gasteiger partial charge >= 0.3 is 0 Å². The molecule has 0 aliphatic rings. The zero-order valence-corrected chi connectivity index (χ0v) is 11.8. The Morgan fingerprint density at radius 2 is 1.47 bits per heavy atom. The molecule has 0 rings (SSSR count). The van der Waals surface area contributed by atoms with Crippen LogP contribution in [0.15, 0.2) is 0 Å². The highest BCUT2D eigenvalue weighted by molar-refractivity contribution is 8.00. The summed E-state index contributed by atoms with van der Waals surface area (Å²) in [7, 11) is 0. The smallest absolute Gasteiger partial charge is 0.217 e. The second-order valence-corrected chi connectivity index (χ2v) is 5.61. The van der Waals surface area contributed by atoms with Gasteiger partial charge in [-0.1, -0.05) is 0 Å².